The van der Waals surface area contributed by atoms with Crippen molar-refractivity contribution in [3.8, 4) is 44.5 Å². The van der Waals surface area contributed by atoms with Crippen LogP contribution in [0.15, 0.2) is 397 Å². The smallest absolute Gasteiger partial charge is 0.159 e. The normalized spacial score (nSPS) is 15.1. The third kappa shape index (κ3) is 8.35. The van der Waals surface area contributed by atoms with Crippen LogP contribution in [0, 0.1) is 0 Å². The van der Waals surface area contributed by atoms with Gasteiger partial charge in [0.25, 0.3) is 0 Å². The molecule has 494 valence electrons. The van der Waals surface area contributed by atoms with E-state index in [-0.39, 0.29) is 0 Å². The summed E-state index contributed by atoms with van der Waals surface area (Å²) in [4.78, 5) is 5.08. The molecule has 4 nitrogen and oxygen atoms in total. The third-order valence-corrected chi connectivity index (χ3v) is 23.2. The first-order valence-corrected chi connectivity index (χ1v) is 36.6. The van der Waals surface area contributed by atoms with Gasteiger partial charge in [-0.25, -0.2) is 0 Å². The van der Waals surface area contributed by atoms with Crippen LogP contribution in [0.5, 0.6) is 0 Å². The molecule has 0 saturated carbocycles. The van der Waals surface area contributed by atoms with Crippen molar-refractivity contribution in [1.82, 2.24) is 0 Å². The Balaban J connectivity index is 0.964. The molecule has 0 N–H and O–H groups in total. The molecule has 106 heavy (non-hydrogen) atoms. The first-order valence-electron chi connectivity index (χ1n) is 36.6. The lowest BCUT2D eigenvalue weighted by Crippen LogP contribution is -2.50. The van der Waals surface area contributed by atoms with Gasteiger partial charge < -0.3 is 18.6 Å². The summed E-state index contributed by atoms with van der Waals surface area (Å²) >= 11 is 0. The van der Waals surface area contributed by atoms with Crippen LogP contribution >= 0.6 is 0 Å². The standard InChI is InChI=1S/C102H64N2O2/c1-5-31-65(32-6-1)71-41-21-25-53-87(71)103(89-55-29-51-81-77-47-23-27-57-93(77)105-99(81)89)91-63-85-97(79-49-19-17-45-75(79)91)95-73-43-15-13-35-67(73)59-61-83(95)101(85,69-37-9-3-10-38-69)102(70-39-11-4-12-40-70)84-62-60-68-36-14-16-44-74(68)96(84)98-80-50-20-18-46-76(80)92(64-86(98)102)104(88-54-26-22-42-72(88)66-33-7-2-8-34-66)90-56-30-52-82-78-48-24-28-58-94(78)106-100(82)90/h1-64H. The Morgan fingerprint density at radius 1 is 0.198 bits per heavy atom. The molecule has 0 radical (unpaired) electrons. The van der Waals surface area contributed by atoms with Crippen molar-refractivity contribution >= 4 is 121 Å². The number of fused-ring (bicyclic) bond motifs is 20. The van der Waals surface area contributed by atoms with Crippen LogP contribution in [0.3, 0.4) is 0 Å². The molecular formula is C102H64N2O2. The van der Waals surface area contributed by atoms with Gasteiger partial charge in [-0.15, -0.1) is 0 Å². The van der Waals surface area contributed by atoms with Crippen molar-refractivity contribution < 1.29 is 8.83 Å². The highest BCUT2D eigenvalue weighted by atomic mass is 16.3. The Morgan fingerprint density at radius 3 is 0.934 bits per heavy atom. The zero-order valence-electron chi connectivity index (χ0n) is 57.7. The van der Waals surface area contributed by atoms with Gasteiger partial charge in [-0.1, -0.05) is 340 Å². The fourth-order valence-electron chi connectivity index (χ4n) is 19.1. The van der Waals surface area contributed by atoms with E-state index in [9.17, 15) is 0 Å². The average Bonchev–Trinajstić information content (AvgIpc) is 1.46. The second-order valence-electron chi connectivity index (χ2n) is 28.3. The molecule has 0 spiro atoms. The van der Waals surface area contributed by atoms with Crippen molar-refractivity contribution in [2.24, 2.45) is 0 Å². The molecule has 2 heterocycles. The fourth-order valence-corrected chi connectivity index (χ4v) is 19.1. The molecule has 2 aliphatic rings. The maximum atomic E-state index is 7.28. The predicted octanol–water partition coefficient (Wildman–Crippen LogP) is 27.7. The van der Waals surface area contributed by atoms with E-state index in [0.717, 1.165) is 133 Å². The van der Waals surface area contributed by atoms with Gasteiger partial charge in [0, 0.05) is 43.4 Å². The fraction of sp³-hybridized carbons (Fsp3) is 0.0196. The number of hydrogen-bond acceptors (Lipinski definition) is 4. The molecule has 22 rings (SSSR count). The largest absolute Gasteiger partial charge is 0.454 e. The van der Waals surface area contributed by atoms with Crippen LogP contribution in [0.25, 0.3) is 131 Å². The number of nitrogens with zero attached hydrogens (tertiary/aromatic N) is 2. The topological polar surface area (TPSA) is 32.8 Å². The number of rotatable bonds is 11. The first kappa shape index (κ1) is 59.8. The van der Waals surface area contributed by atoms with Crippen molar-refractivity contribution in [2.45, 2.75) is 10.8 Å². The van der Waals surface area contributed by atoms with Gasteiger partial charge in [0.2, 0.25) is 0 Å². The second-order valence-corrected chi connectivity index (χ2v) is 28.3. The molecule has 20 aromatic rings. The zero-order valence-corrected chi connectivity index (χ0v) is 57.7. The summed E-state index contributed by atoms with van der Waals surface area (Å²) in [6, 6.07) is 145. The number of benzene rings is 18. The van der Waals surface area contributed by atoms with Crippen LogP contribution in [-0.4, -0.2) is 0 Å². The summed E-state index contributed by atoms with van der Waals surface area (Å²) in [5, 5.41) is 13.5. The van der Waals surface area contributed by atoms with Crippen LogP contribution in [0.1, 0.15) is 33.4 Å². The lowest BCUT2D eigenvalue weighted by atomic mass is 9.49. The summed E-state index contributed by atoms with van der Waals surface area (Å²) in [5.74, 6) is 0. The summed E-state index contributed by atoms with van der Waals surface area (Å²) in [7, 11) is 0. The minimum atomic E-state index is -1.13. The molecule has 4 heteroatoms. The van der Waals surface area contributed by atoms with E-state index in [1.807, 2.05) is 0 Å². The molecular weight excluding hydrogens is 1290 g/mol. The summed E-state index contributed by atoms with van der Waals surface area (Å²) in [6.07, 6.45) is 0. The Labute approximate surface area is 612 Å². The van der Waals surface area contributed by atoms with Crippen LogP contribution < -0.4 is 9.80 Å². The molecule has 2 unspecified atom stereocenters. The van der Waals surface area contributed by atoms with Crippen molar-refractivity contribution in [2.75, 3.05) is 9.80 Å². The zero-order chi connectivity index (χ0) is 69.6. The maximum Gasteiger partial charge on any atom is 0.159 e. The molecule has 18 aromatic carbocycles. The van der Waals surface area contributed by atoms with Crippen LogP contribution in [-0.2, 0) is 10.8 Å². The van der Waals surface area contributed by atoms with Gasteiger partial charge in [-0.2, -0.15) is 0 Å². The monoisotopic (exact) mass is 1350 g/mol. The lowest BCUT2D eigenvalue weighted by Gasteiger charge is -2.51. The van der Waals surface area contributed by atoms with E-state index >= 15 is 0 Å². The van der Waals surface area contributed by atoms with Gasteiger partial charge in [0.05, 0.1) is 45.0 Å². The molecule has 0 amide bonds. The Hall–Kier alpha value is -13.8. The number of para-hydroxylation sites is 6. The highest BCUT2D eigenvalue weighted by molar-refractivity contribution is 6.22. The Bertz CT molecular complexity index is 6560. The van der Waals surface area contributed by atoms with Crippen LogP contribution in [0.4, 0.5) is 34.1 Å². The Kier molecular flexibility index (Phi) is 13.2. The molecule has 2 aromatic heterocycles. The average molecular weight is 1350 g/mol. The quantitative estimate of drug-likeness (QED) is 0.129. The molecule has 0 bridgehead atoms. The molecule has 0 aliphatic heterocycles. The van der Waals surface area contributed by atoms with Crippen molar-refractivity contribution in [1.29, 1.82) is 0 Å². The highest BCUT2D eigenvalue weighted by Crippen LogP contribution is 2.73. The van der Waals surface area contributed by atoms with Gasteiger partial charge in [0.1, 0.15) is 11.2 Å². The van der Waals surface area contributed by atoms with E-state index in [2.05, 4.69) is 398 Å². The summed E-state index contributed by atoms with van der Waals surface area (Å²) in [5.41, 5.74) is 23.3. The highest BCUT2D eigenvalue weighted by Gasteiger charge is 2.65. The predicted molar refractivity (Wildman–Crippen MR) is 441 cm³/mol. The van der Waals surface area contributed by atoms with Gasteiger partial charge >= 0.3 is 0 Å². The van der Waals surface area contributed by atoms with Crippen molar-refractivity contribution in [3.63, 3.8) is 0 Å². The minimum absolute atomic E-state index is 0.808. The number of hydrogen-bond donors (Lipinski definition) is 0. The summed E-state index contributed by atoms with van der Waals surface area (Å²) < 4.78 is 14.6. The Morgan fingerprint density at radius 2 is 0.509 bits per heavy atom. The second kappa shape index (κ2) is 23.4. The molecule has 0 saturated heterocycles. The minimum Gasteiger partial charge on any atom is -0.454 e. The third-order valence-electron chi connectivity index (χ3n) is 23.2. The SMILES string of the molecule is c1ccc(-c2ccccc2N(c2cc3c(c4ccccc24)-c2c(ccc4ccccc24)C3(c2ccccc2)C2(c3ccccc3)c3ccc4ccccc4c3-c3c2cc(N(c2ccccc2-c2ccccc2)c2cccc4c2oc2ccccc24)c2ccccc32)c2cccc3c2oc2ccccc23)cc1. The number of furan rings is 2. The van der Waals surface area contributed by atoms with Gasteiger partial charge in [0.15, 0.2) is 11.2 Å². The molecule has 2 aliphatic carbocycles. The van der Waals surface area contributed by atoms with E-state index < -0.39 is 10.8 Å². The van der Waals surface area contributed by atoms with E-state index in [0.29, 0.717) is 0 Å². The van der Waals surface area contributed by atoms with Gasteiger partial charge in [-0.05, 0) is 148 Å². The molecule has 2 atom stereocenters. The van der Waals surface area contributed by atoms with Gasteiger partial charge in [-0.3, -0.25) is 0 Å². The molecule has 0 fully saturated rings. The van der Waals surface area contributed by atoms with E-state index in [1.165, 1.54) is 66.1 Å². The van der Waals surface area contributed by atoms with E-state index in [1.54, 1.807) is 0 Å². The van der Waals surface area contributed by atoms with Crippen LogP contribution in [0.2, 0.25) is 0 Å². The van der Waals surface area contributed by atoms with E-state index in [4.69, 9.17) is 8.83 Å². The lowest BCUT2D eigenvalue weighted by molar-refractivity contribution is 0.438. The summed E-state index contributed by atoms with van der Waals surface area (Å²) in [6.45, 7) is 0. The number of anilines is 6. The first-order chi connectivity index (χ1) is 52.6. The van der Waals surface area contributed by atoms with Crippen molar-refractivity contribution in [3.05, 3.63) is 422 Å². The maximum absolute atomic E-state index is 7.28.